The summed E-state index contributed by atoms with van der Waals surface area (Å²) in [5.41, 5.74) is 0.227. The molecular formula is C24H34N4O5S. The van der Waals surface area contributed by atoms with Crippen molar-refractivity contribution in [1.82, 2.24) is 19.8 Å². The van der Waals surface area contributed by atoms with Crippen molar-refractivity contribution in [3.05, 3.63) is 35.5 Å². The number of amides is 1. The lowest BCUT2D eigenvalue weighted by atomic mass is 9.94. The van der Waals surface area contributed by atoms with Crippen LogP contribution in [0, 0.1) is 17.8 Å². The van der Waals surface area contributed by atoms with E-state index in [0.29, 0.717) is 30.7 Å². The van der Waals surface area contributed by atoms with E-state index in [1.807, 2.05) is 13.8 Å². The summed E-state index contributed by atoms with van der Waals surface area (Å²) in [6.45, 7) is 8.91. The lowest BCUT2D eigenvalue weighted by Gasteiger charge is -2.34. The molecule has 2 heterocycles. The largest absolute Gasteiger partial charge is 0.495 e. The normalized spacial score (nSPS) is 22.5. The van der Waals surface area contributed by atoms with Gasteiger partial charge in [-0.25, -0.2) is 8.42 Å². The van der Waals surface area contributed by atoms with E-state index in [1.54, 1.807) is 6.07 Å². The van der Waals surface area contributed by atoms with Gasteiger partial charge >= 0.3 is 0 Å². The third-order valence-corrected chi connectivity index (χ3v) is 8.35. The van der Waals surface area contributed by atoms with Gasteiger partial charge in [-0.2, -0.15) is 9.29 Å². The summed E-state index contributed by atoms with van der Waals surface area (Å²) >= 11 is 0. The number of aromatic nitrogens is 2. The Bertz CT molecular complexity index is 1130. The summed E-state index contributed by atoms with van der Waals surface area (Å²) in [4.78, 5) is 17.7. The molecule has 3 atom stereocenters. The molecule has 0 radical (unpaired) electrons. The van der Waals surface area contributed by atoms with E-state index >= 15 is 0 Å². The van der Waals surface area contributed by atoms with Crippen molar-refractivity contribution in [2.45, 2.75) is 63.8 Å². The fraction of sp³-hybridized carbons (Fsp3) is 0.625. The predicted octanol–water partition coefficient (Wildman–Crippen LogP) is 3.75. The SMILES string of the molecule is COc1ccc(C(=O)NC(c2nc(C3CC3)no2)C(C)C)cc1S(=O)(=O)N1CC(C)CC(C)C1. The van der Waals surface area contributed by atoms with E-state index < -0.39 is 22.0 Å². The van der Waals surface area contributed by atoms with E-state index in [0.717, 1.165) is 19.3 Å². The van der Waals surface area contributed by atoms with Gasteiger partial charge in [0.2, 0.25) is 15.9 Å². The maximum atomic E-state index is 13.5. The van der Waals surface area contributed by atoms with Crippen molar-refractivity contribution in [1.29, 1.82) is 0 Å². The zero-order valence-electron chi connectivity index (χ0n) is 20.4. The van der Waals surface area contributed by atoms with Gasteiger partial charge in [-0.15, -0.1) is 0 Å². The standard InChI is InChI=1S/C24H34N4O5S/c1-14(2)21(24-26-22(27-33-24)17-6-7-17)25-23(29)18-8-9-19(32-5)20(11-18)34(30,31)28-12-15(3)10-16(4)13-28/h8-9,11,14-17,21H,6-7,10,12-13H2,1-5H3,(H,25,29). The minimum absolute atomic E-state index is 0.00106. The van der Waals surface area contributed by atoms with Gasteiger partial charge in [0.25, 0.3) is 5.91 Å². The van der Waals surface area contributed by atoms with Crippen molar-refractivity contribution in [3.63, 3.8) is 0 Å². The molecule has 10 heteroatoms. The Kier molecular flexibility index (Phi) is 7.00. The van der Waals surface area contributed by atoms with Gasteiger partial charge < -0.3 is 14.6 Å². The van der Waals surface area contributed by atoms with Crippen molar-refractivity contribution in [3.8, 4) is 5.75 Å². The first kappa shape index (κ1) is 24.7. The Morgan fingerprint density at radius 1 is 1.21 bits per heavy atom. The third-order valence-electron chi connectivity index (χ3n) is 6.50. The molecule has 2 fully saturated rings. The molecule has 34 heavy (non-hydrogen) atoms. The Labute approximate surface area is 201 Å². The minimum Gasteiger partial charge on any atom is -0.495 e. The summed E-state index contributed by atoms with van der Waals surface area (Å²) in [7, 11) is -2.41. The fourth-order valence-corrected chi connectivity index (χ4v) is 6.44. The van der Waals surface area contributed by atoms with Crippen molar-refractivity contribution < 1.29 is 22.5 Å². The average molecular weight is 491 g/mol. The number of carbonyl (C=O) groups excluding carboxylic acids is 1. The van der Waals surface area contributed by atoms with Crippen LogP contribution in [0.5, 0.6) is 5.75 Å². The van der Waals surface area contributed by atoms with Crippen LogP contribution in [0.15, 0.2) is 27.6 Å². The zero-order valence-corrected chi connectivity index (χ0v) is 21.3. The highest BCUT2D eigenvalue weighted by Gasteiger charge is 2.35. The number of rotatable bonds is 8. The van der Waals surface area contributed by atoms with Crippen LogP contribution in [0.4, 0.5) is 0 Å². The van der Waals surface area contributed by atoms with Crippen LogP contribution in [0.25, 0.3) is 0 Å². The van der Waals surface area contributed by atoms with E-state index in [9.17, 15) is 13.2 Å². The number of methoxy groups -OCH3 is 1. The molecule has 1 aromatic heterocycles. The molecule has 1 amide bonds. The molecule has 1 aliphatic carbocycles. The second-order valence-corrected chi connectivity index (χ2v) is 12.0. The van der Waals surface area contributed by atoms with Crippen LogP contribution in [0.1, 0.15) is 81.0 Å². The first-order valence-electron chi connectivity index (χ1n) is 11.9. The van der Waals surface area contributed by atoms with Crippen molar-refractivity contribution in [2.24, 2.45) is 17.8 Å². The minimum atomic E-state index is -3.84. The van der Waals surface area contributed by atoms with Gasteiger partial charge in [-0.05, 0) is 55.2 Å². The topological polar surface area (TPSA) is 115 Å². The number of nitrogens with one attached hydrogen (secondary N) is 1. The molecule has 0 spiro atoms. The van der Waals surface area contributed by atoms with Crippen LogP contribution < -0.4 is 10.1 Å². The van der Waals surface area contributed by atoms with Gasteiger partial charge in [0.1, 0.15) is 16.7 Å². The van der Waals surface area contributed by atoms with Gasteiger partial charge in [-0.1, -0.05) is 32.9 Å². The number of benzene rings is 1. The molecule has 2 aromatic rings. The highest BCUT2D eigenvalue weighted by atomic mass is 32.2. The molecule has 2 aliphatic rings. The summed E-state index contributed by atoms with van der Waals surface area (Å²) in [6, 6.07) is 4.00. The Hall–Kier alpha value is -2.46. The smallest absolute Gasteiger partial charge is 0.251 e. The van der Waals surface area contributed by atoms with E-state index in [-0.39, 0.29) is 34.0 Å². The molecule has 1 N–H and O–H groups in total. The van der Waals surface area contributed by atoms with Crippen LogP contribution in [-0.4, -0.2) is 49.0 Å². The number of carbonyl (C=O) groups is 1. The number of hydrogen-bond acceptors (Lipinski definition) is 7. The third kappa shape index (κ3) is 5.12. The second kappa shape index (κ2) is 9.65. The Morgan fingerprint density at radius 2 is 1.88 bits per heavy atom. The first-order chi connectivity index (χ1) is 16.1. The van der Waals surface area contributed by atoms with Gasteiger partial charge in [-0.3, -0.25) is 4.79 Å². The fourth-order valence-electron chi connectivity index (χ4n) is 4.58. The number of nitrogens with zero attached hydrogens (tertiary/aromatic N) is 3. The zero-order chi connectivity index (χ0) is 24.6. The Balaban J connectivity index is 1.60. The molecule has 4 rings (SSSR count). The first-order valence-corrected chi connectivity index (χ1v) is 13.4. The quantitative estimate of drug-likeness (QED) is 0.599. The van der Waals surface area contributed by atoms with Crippen LogP contribution in [0.2, 0.25) is 0 Å². The Morgan fingerprint density at radius 3 is 2.47 bits per heavy atom. The highest BCUT2D eigenvalue weighted by molar-refractivity contribution is 7.89. The van der Waals surface area contributed by atoms with Gasteiger partial charge in [0, 0.05) is 24.6 Å². The van der Waals surface area contributed by atoms with Crippen molar-refractivity contribution in [2.75, 3.05) is 20.2 Å². The van der Waals surface area contributed by atoms with E-state index in [2.05, 4.69) is 29.3 Å². The van der Waals surface area contributed by atoms with Crippen molar-refractivity contribution >= 4 is 15.9 Å². The van der Waals surface area contributed by atoms with Gasteiger partial charge in [0.15, 0.2) is 5.82 Å². The molecule has 1 saturated heterocycles. The maximum absolute atomic E-state index is 13.5. The molecule has 0 bridgehead atoms. The number of sulfonamides is 1. The van der Waals surface area contributed by atoms with Crippen LogP contribution in [0.3, 0.4) is 0 Å². The number of ether oxygens (including phenoxy) is 1. The number of hydrogen-bond donors (Lipinski definition) is 1. The molecule has 186 valence electrons. The molecule has 1 aliphatic heterocycles. The average Bonchev–Trinajstić information content (AvgIpc) is 3.53. The highest BCUT2D eigenvalue weighted by Crippen LogP contribution is 2.39. The summed E-state index contributed by atoms with van der Waals surface area (Å²) in [5.74, 6) is 1.71. The summed E-state index contributed by atoms with van der Waals surface area (Å²) < 4.78 is 39.4. The van der Waals surface area contributed by atoms with Crippen LogP contribution >= 0.6 is 0 Å². The molecular weight excluding hydrogens is 456 g/mol. The molecule has 1 saturated carbocycles. The number of piperidine rings is 1. The molecule has 1 aromatic carbocycles. The lowest BCUT2D eigenvalue weighted by Crippen LogP contribution is -2.42. The van der Waals surface area contributed by atoms with E-state index in [1.165, 1.54) is 23.5 Å². The summed E-state index contributed by atoms with van der Waals surface area (Å²) in [6.07, 6.45) is 3.09. The van der Waals surface area contributed by atoms with Crippen LogP contribution in [-0.2, 0) is 10.0 Å². The maximum Gasteiger partial charge on any atom is 0.251 e. The lowest BCUT2D eigenvalue weighted by molar-refractivity contribution is 0.0913. The predicted molar refractivity (Wildman–Crippen MR) is 126 cm³/mol. The monoisotopic (exact) mass is 490 g/mol. The summed E-state index contributed by atoms with van der Waals surface area (Å²) in [5, 5.41) is 7.00. The van der Waals surface area contributed by atoms with E-state index in [4.69, 9.17) is 9.26 Å². The molecule has 3 unspecified atom stereocenters. The van der Waals surface area contributed by atoms with Gasteiger partial charge in [0.05, 0.1) is 7.11 Å². The second-order valence-electron chi connectivity index (χ2n) is 10.1. The molecule has 9 nitrogen and oxygen atoms in total.